The molecule has 2 rings (SSSR count). The minimum Gasteiger partial charge on any atom is -0.341 e. The molecule has 0 aromatic carbocycles. The van der Waals surface area contributed by atoms with Gasteiger partial charge in [-0.05, 0) is 32.1 Å². The molecule has 2 aliphatic rings. The summed E-state index contributed by atoms with van der Waals surface area (Å²) in [6.45, 7) is 2.41. The van der Waals surface area contributed by atoms with Crippen molar-refractivity contribution in [2.45, 2.75) is 51.0 Å². The Morgan fingerprint density at radius 2 is 1.59 bits per heavy atom. The summed E-state index contributed by atoms with van der Waals surface area (Å²) < 4.78 is 0. The summed E-state index contributed by atoms with van der Waals surface area (Å²) in [5, 5.41) is 0. The zero-order chi connectivity index (χ0) is 12.1. The average molecular weight is 237 g/mol. The number of hydrogen-bond acceptors (Lipinski definition) is 2. The Labute approximate surface area is 103 Å². The Kier molecular flexibility index (Phi) is 4.40. The standard InChI is InChI=1S/C13H21N2O2/c16-11-15-10-4-1-3-7-12(15)13(17)14-8-5-2-6-9-14/h12H,1-10H2. The molecule has 2 aliphatic heterocycles. The Bertz CT molecular complexity index is 275. The zero-order valence-corrected chi connectivity index (χ0v) is 10.4. The van der Waals surface area contributed by atoms with Gasteiger partial charge >= 0.3 is 6.41 Å². The highest BCUT2D eigenvalue weighted by molar-refractivity contribution is 5.83. The van der Waals surface area contributed by atoms with E-state index in [4.69, 9.17) is 0 Å². The van der Waals surface area contributed by atoms with Gasteiger partial charge < -0.3 is 9.80 Å². The number of likely N-dealkylation sites (tertiary alicyclic amines) is 2. The van der Waals surface area contributed by atoms with Gasteiger partial charge in [-0.2, -0.15) is 0 Å². The second kappa shape index (κ2) is 6.03. The molecule has 0 bridgehead atoms. The Hall–Kier alpha value is -1.06. The van der Waals surface area contributed by atoms with Crippen molar-refractivity contribution >= 4 is 12.3 Å². The van der Waals surface area contributed by atoms with Crippen LogP contribution < -0.4 is 0 Å². The minimum atomic E-state index is -0.243. The second-order valence-corrected chi connectivity index (χ2v) is 5.04. The summed E-state index contributed by atoms with van der Waals surface area (Å²) in [5.41, 5.74) is 0. The molecule has 1 radical (unpaired) electrons. The molecular formula is C13H21N2O2. The molecule has 1 unspecified atom stereocenters. The van der Waals surface area contributed by atoms with Crippen LogP contribution >= 0.6 is 0 Å². The van der Waals surface area contributed by atoms with E-state index >= 15 is 0 Å². The van der Waals surface area contributed by atoms with Gasteiger partial charge in [-0.3, -0.25) is 9.59 Å². The number of carbonyl (C=O) groups excluding carboxylic acids is 2. The van der Waals surface area contributed by atoms with Crippen LogP contribution in [0.1, 0.15) is 44.9 Å². The van der Waals surface area contributed by atoms with Crippen molar-refractivity contribution < 1.29 is 9.59 Å². The molecule has 2 fully saturated rings. The molecule has 0 saturated carbocycles. The highest BCUT2D eigenvalue weighted by atomic mass is 16.2. The third kappa shape index (κ3) is 2.99. The van der Waals surface area contributed by atoms with E-state index in [1.807, 2.05) is 11.3 Å². The predicted octanol–water partition coefficient (Wildman–Crippen LogP) is 1.31. The normalized spacial score (nSPS) is 26.5. The molecule has 0 aliphatic carbocycles. The van der Waals surface area contributed by atoms with Crippen LogP contribution in [-0.2, 0) is 9.59 Å². The van der Waals surface area contributed by atoms with Gasteiger partial charge in [0, 0.05) is 19.6 Å². The van der Waals surface area contributed by atoms with Gasteiger partial charge in [-0.25, -0.2) is 0 Å². The number of amides is 2. The molecule has 2 amide bonds. The second-order valence-electron chi connectivity index (χ2n) is 5.04. The third-order valence-corrected chi connectivity index (χ3v) is 3.82. The lowest BCUT2D eigenvalue weighted by Crippen LogP contribution is -2.49. The molecule has 4 heteroatoms. The molecule has 0 N–H and O–H groups in total. The monoisotopic (exact) mass is 237 g/mol. The van der Waals surface area contributed by atoms with E-state index < -0.39 is 0 Å². The van der Waals surface area contributed by atoms with Crippen LogP contribution in [0.4, 0.5) is 0 Å². The van der Waals surface area contributed by atoms with Crippen LogP contribution in [0.25, 0.3) is 0 Å². The number of rotatable bonds is 2. The van der Waals surface area contributed by atoms with E-state index in [0.717, 1.165) is 51.6 Å². The SMILES string of the molecule is O=[C]N1CCCCCC1C(=O)N1CCCCC1. The lowest BCUT2D eigenvalue weighted by Gasteiger charge is -2.33. The van der Waals surface area contributed by atoms with Crippen LogP contribution in [0.15, 0.2) is 0 Å². The molecular weight excluding hydrogens is 216 g/mol. The van der Waals surface area contributed by atoms with Gasteiger partial charge in [0.05, 0.1) is 0 Å². The highest BCUT2D eigenvalue weighted by Crippen LogP contribution is 2.19. The van der Waals surface area contributed by atoms with Gasteiger partial charge in [-0.15, -0.1) is 0 Å². The smallest absolute Gasteiger partial charge is 0.312 e. The molecule has 95 valence electrons. The molecule has 0 aromatic heterocycles. The maximum atomic E-state index is 12.4. The first-order valence-electron chi connectivity index (χ1n) is 6.76. The van der Waals surface area contributed by atoms with Crippen molar-refractivity contribution in [2.24, 2.45) is 0 Å². The first-order valence-corrected chi connectivity index (χ1v) is 6.76. The predicted molar refractivity (Wildman–Crippen MR) is 65.1 cm³/mol. The van der Waals surface area contributed by atoms with Gasteiger partial charge in [-0.1, -0.05) is 12.8 Å². The van der Waals surface area contributed by atoms with E-state index in [-0.39, 0.29) is 11.9 Å². The van der Waals surface area contributed by atoms with Gasteiger partial charge in [0.15, 0.2) is 0 Å². The molecule has 1 atom stereocenters. The Morgan fingerprint density at radius 1 is 0.941 bits per heavy atom. The largest absolute Gasteiger partial charge is 0.341 e. The topological polar surface area (TPSA) is 40.6 Å². The lowest BCUT2D eigenvalue weighted by molar-refractivity contribution is -0.136. The van der Waals surface area contributed by atoms with E-state index in [1.165, 1.54) is 6.42 Å². The van der Waals surface area contributed by atoms with E-state index in [9.17, 15) is 9.59 Å². The summed E-state index contributed by atoms with van der Waals surface area (Å²) in [7, 11) is 0. The number of carbonyl (C=O) groups is 1. The van der Waals surface area contributed by atoms with Crippen molar-refractivity contribution in [3.05, 3.63) is 0 Å². The van der Waals surface area contributed by atoms with Crippen LogP contribution in [0, 0.1) is 0 Å². The summed E-state index contributed by atoms with van der Waals surface area (Å²) in [6.07, 6.45) is 9.34. The maximum absolute atomic E-state index is 12.4. The van der Waals surface area contributed by atoms with E-state index in [2.05, 4.69) is 0 Å². The van der Waals surface area contributed by atoms with Crippen LogP contribution in [0.5, 0.6) is 0 Å². The summed E-state index contributed by atoms with van der Waals surface area (Å²) in [6, 6.07) is -0.243. The van der Waals surface area contributed by atoms with Gasteiger partial charge in [0.2, 0.25) is 5.91 Å². The number of nitrogens with zero attached hydrogens (tertiary/aromatic N) is 2. The molecule has 0 spiro atoms. The first-order chi connectivity index (χ1) is 8.33. The number of hydrogen-bond donors (Lipinski definition) is 0. The maximum Gasteiger partial charge on any atom is 0.312 e. The summed E-state index contributed by atoms with van der Waals surface area (Å²) >= 11 is 0. The van der Waals surface area contributed by atoms with Crippen LogP contribution in [0.3, 0.4) is 0 Å². The minimum absolute atomic E-state index is 0.148. The molecule has 2 saturated heterocycles. The zero-order valence-electron chi connectivity index (χ0n) is 10.4. The van der Waals surface area contributed by atoms with E-state index in [0.29, 0.717) is 6.54 Å². The van der Waals surface area contributed by atoms with Crippen molar-refractivity contribution in [1.29, 1.82) is 0 Å². The number of piperidine rings is 1. The van der Waals surface area contributed by atoms with Crippen molar-refractivity contribution in [1.82, 2.24) is 9.80 Å². The fraction of sp³-hybridized carbons (Fsp3) is 0.846. The fourth-order valence-electron chi connectivity index (χ4n) is 2.80. The Morgan fingerprint density at radius 3 is 2.29 bits per heavy atom. The fourth-order valence-corrected chi connectivity index (χ4v) is 2.80. The van der Waals surface area contributed by atoms with Crippen LogP contribution in [-0.4, -0.2) is 47.8 Å². The van der Waals surface area contributed by atoms with Crippen LogP contribution in [0.2, 0.25) is 0 Å². The van der Waals surface area contributed by atoms with Crippen molar-refractivity contribution in [3.8, 4) is 0 Å². The summed E-state index contributed by atoms with van der Waals surface area (Å²) in [5.74, 6) is 0.148. The van der Waals surface area contributed by atoms with Crippen molar-refractivity contribution in [3.63, 3.8) is 0 Å². The third-order valence-electron chi connectivity index (χ3n) is 3.82. The van der Waals surface area contributed by atoms with Gasteiger partial charge in [0.25, 0.3) is 0 Å². The highest BCUT2D eigenvalue weighted by Gasteiger charge is 2.31. The van der Waals surface area contributed by atoms with Gasteiger partial charge in [0.1, 0.15) is 6.04 Å². The van der Waals surface area contributed by atoms with Crippen molar-refractivity contribution in [2.75, 3.05) is 19.6 Å². The quantitative estimate of drug-likeness (QED) is 0.726. The molecule has 4 nitrogen and oxygen atoms in total. The first kappa shape index (κ1) is 12.4. The summed E-state index contributed by atoms with van der Waals surface area (Å²) in [4.78, 5) is 26.8. The molecule has 17 heavy (non-hydrogen) atoms. The molecule has 2 heterocycles. The Balaban J connectivity index is 2.01. The van der Waals surface area contributed by atoms with E-state index in [1.54, 1.807) is 4.90 Å². The lowest BCUT2D eigenvalue weighted by atomic mass is 10.1. The molecule has 0 aromatic rings. The average Bonchev–Trinajstić information content (AvgIpc) is 2.64.